The van der Waals surface area contributed by atoms with E-state index in [0.717, 1.165) is 38.2 Å². The molecule has 5 heteroatoms. The quantitative estimate of drug-likeness (QED) is 0.757. The number of carbonyl (C=O) groups is 1. The van der Waals surface area contributed by atoms with Crippen LogP contribution in [0.15, 0.2) is 24.3 Å². The van der Waals surface area contributed by atoms with Gasteiger partial charge in [-0.25, -0.2) is 0 Å². The van der Waals surface area contributed by atoms with Crippen molar-refractivity contribution in [1.82, 2.24) is 4.90 Å². The molecule has 21 heavy (non-hydrogen) atoms. The van der Waals surface area contributed by atoms with Gasteiger partial charge in [-0.15, -0.1) is 0 Å². The van der Waals surface area contributed by atoms with E-state index in [-0.39, 0.29) is 11.9 Å². The van der Waals surface area contributed by atoms with Crippen LogP contribution in [-0.4, -0.2) is 43.7 Å². The Morgan fingerprint density at radius 1 is 1.48 bits per heavy atom. The minimum Gasteiger partial charge on any atom is -0.492 e. The summed E-state index contributed by atoms with van der Waals surface area (Å²) in [6.07, 6.45) is 1.95. The van der Waals surface area contributed by atoms with Crippen LogP contribution >= 0.6 is 11.6 Å². The fraction of sp³-hybridized carbons (Fsp3) is 0.562. The molecule has 0 unspecified atom stereocenters. The highest BCUT2D eigenvalue weighted by molar-refractivity contribution is 6.30. The molecule has 0 N–H and O–H groups in total. The summed E-state index contributed by atoms with van der Waals surface area (Å²) in [5.41, 5.74) is 0. The lowest BCUT2D eigenvalue weighted by Gasteiger charge is -2.31. The van der Waals surface area contributed by atoms with Crippen LogP contribution in [0.3, 0.4) is 0 Å². The van der Waals surface area contributed by atoms with Gasteiger partial charge in [0.1, 0.15) is 12.4 Å². The van der Waals surface area contributed by atoms with E-state index in [9.17, 15) is 4.79 Å². The first kappa shape index (κ1) is 16.1. The molecule has 0 spiro atoms. The number of esters is 1. The third kappa shape index (κ3) is 5.21. The number of nitrogens with zero attached hydrogens (tertiary/aromatic N) is 1. The Morgan fingerprint density at radius 3 is 3.10 bits per heavy atom. The predicted octanol–water partition coefficient (Wildman–Crippen LogP) is 2.99. The van der Waals surface area contributed by atoms with Gasteiger partial charge in [0.15, 0.2) is 0 Å². The van der Waals surface area contributed by atoms with Crippen molar-refractivity contribution in [3.8, 4) is 5.75 Å². The molecule has 4 nitrogen and oxygen atoms in total. The molecule has 1 aliphatic rings. The lowest BCUT2D eigenvalue weighted by molar-refractivity contribution is -0.150. The number of benzene rings is 1. The summed E-state index contributed by atoms with van der Waals surface area (Å²) >= 11 is 5.91. The molecule has 1 aromatic rings. The average Bonchev–Trinajstić information content (AvgIpc) is 2.48. The molecule has 1 atom stereocenters. The van der Waals surface area contributed by atoms with Crippen molar-refractivity contribution in [1.29, 1.82) is 0 Å². The second kappa shape index (κ2) is 8.25. The van der Waals surface area contributed by atoms with E-state index >= 15 is 0 Å². The van der Waals surface area contributed by atoms with Crippen LogP contribution in [0.25, 0.3) is 0 Å². The van der Waals surface area contributed by atoms with E-state index in [2.05, 4.69) is 4.90 Å². The maximum absolute atomic E-state index is 11.8. The molecule has 0 radical (unpaired) electrons. The first-order valence-electron chi connectivity index (χ1n) is 7.46. The molecule has 1 aromatic carbocycles. The maximum Gasteiger partial charge on any atom is 0.310 e. The van der Waals surface area contributed by atoms with Crippen molar-refractivity contribution in [2.24, 2.45) is 5.92 Å². The van der Waals surface area contributed by atoms with Crippen LogP contribution in [0.4, 0.5) is 0 Å². The van der Waals surface area contributed by atoms with Gasteiger partial charge in [0, 0.05) is 18.1 Å². The van der Waals surface area contributed by atoms with E-state index in [1.165, 1.54) is 0 Å². The van der Waals surface area contributed by atoms with Gasteiger partial charge in [-0.2, -0.15) is 0 Å². The molecule has 0 aromatic heterocycles. The van der Waals surface area contributed by atoms with Gasteiger partial charge in [-0.05, 0) is 44.5 Å². The van der Waals surface area contributed by atoms with Crippen LogP contribution in [0, 0.1) is 5.92 Å². The molecule has 0 bridgehead atoms. The first-order valence-corrected chi connectivity index (χ1v) is 7.84. The van der Waals surface area contributed by atoms with E-state index in [0.29, 0.717) is 18.2 Å². The summed E-state index contributed by atoms with van der Waals surface area (Å²) in [4.78, 5) is 14.0. The van der Waals surface area contributed by atoms with Gasteiger partial charge in [-0.1, -0.05) is 17.7 Å². The van der Waals surface area contributed by atoms with Crippen molar-refractivity contribution in [3.05, 3.63) is 29.3 Å². The fourth-order valence-corrected chi connectivity index (χ4v) is 2.74. The molecule has 0 aliphatic carbocycles. The van der Waals surface area contributed by atoms with E-state index < -0.39 is 0 Å². The van der Waals surface area contributed by atoms with Crippen molar-refractivity contribution < 1.29 is 14.3 Å². The van der Waals surface area contributed by atoms with Gasteiger partial charge < -0.3 is 9.47 Å². The summed E-state index contributed by atoms with van der Waals surface area (Å²) in [6, 6.07) is 7.39. The van der Waals surface area contributed by atoms with Crippen LogP contribution < -0.4 is 4.74 Å². The summed E-state index contributed by atoms with van der Waals surface area (Å²) in [5.74, 6) is 0.712. The van der Waals surface area contributed by atoms with Crippen molar-refractivity contribution in [2.45, 2.75) is 19.8 Å². The van der Waals surface area contributed by atoms with Crippen LogP contribution in [0.2, 0.25) is 5.02 Å². The lowest BCUT2D eigenvalue weighted by Crippen LogP contribution is -2.41. The molecule has 2 rings (SSSR count). The van der Waals surface area contributed by atoms with Crippen molar-refractivity contribution in [3.63, 3.8) is 0 Å². The number of rotatable bonds is 6. The average molecular weight is 312 g/mol. The van der Waals surface area contributed by atoms with E-state index in [1.807, 2.05) is 25.1 Å². The molecule has 1 fully saturated rings. The molecule has 0 amide bonds. The van der Waals surface area contributed by atoms with Gasteiger partial charge >= 0.3 is 5.97 Å². The largest absolute Gasteiger partial charge is 0.492 e. The lowest BCUT2D eigenvalue weighted by atomic mass is 9.98. The van der Waals surface area contributed by atoms with Gasteiger partial charge in [-0.3, -0.25) is 9.69 Å². The molecule has 1 heterocycles. The molecule has 116 valence electrons. The van der Waals surface area contributed by atoms with E-state index in [4.69, 9.17) is 21.1 Å². The van der Waals surface area contributed by atoms with Gasteiger partial charge in [0.2, 0.25) is 0 Å². The normalized spacial score (nSPS) is 19.2. The van der Waals surface area contributed by atoms with Gasteiger partial charge in [0.05, 0.1) is 12.5 Å². The Bertz CT molecular complexity index is 467. The Balaban J connectivity index is 1.74. The Hall–Kier alpha value is -1.26. The highest BCUT2D eigenvalue weighted by Gasteiger charge is 2.26. The number of piperidine rings is 1. The summed E-state index contributed by atoms with van der Waals surface area (Å²) < 4.78 is 10.8. The van der Waals surface area contributed by atoms with Crippen molar-refractivity contribution in [2.75, 3.05) is 32.8 Å². The zero-order valence-electron chi connectivity index (χ0n) is 12.4. The smallest absolute Gasteiger partial charge is 0.310 e. The first-order chi connectivity index (χ1) is 10.2. The third-order valence-corrected chi connectivity index (χ3v) is 3.83. The third-order valence-electron chi connectivity index (χ3n) is 3.60. The summed E-state index contributed by atoms with van der Waals surface area (Å²) in [6.45, 7) is 5.47. The number of likely N-dealkylation sites (tertiary alicyclic amines) is 1. The zero-order valence-corrected chi connectivity index (χ0v) is 13.1. The number of ether oxygens (including phenoxy) is 2. The zero-order chi connectivity index (χ0) is 15.1. The standard InChI is InChI=1S/C16H22ClNO3/c1-2-20-16(19)13-5-4-8-18(12-13)9-10-21-15-7-3-6-14(17)11-15/h3,6-7,11,13H,2,4-5,8-10,12H2,1H3/t13-/m1/s1. The topological polar surface area (TPSA) is 38.8 Å². The summed E-state index contributed by atoms with van der Waals surface area (Å²) in [5, 5.41) is 0.674. The molecular formula is C16H22ClNO3. The van der Waals surface area contributed by atoms with E-state index in [1.54, 1.807) is 6.07 Å². The Morgan fingerprint density at radius 2 is 2.33 bits per heavy atom. The number of carbonyl (C=O) groups excluding carboxylic acids is 1. The maximum atomic E-state index is 11.8. The van der Waals surface area contributed by atoms with Gasteiger partial charge in [0.25, 0.3) is 0 Å². The number of hydrogen-bond acceptors (Lipinski definition) is 4. The Kier molecular flexibility index (Phi) is 6.33. The molecule has 0 saturated carbocycles. The molecule has 1 aliphatic heterocycles. The van der Waals surface area contributed by atoms with Crippen LogP contribution in [-0.2, 0) is 9.53 Å². The Labute approximate surface area is 131 Å². The second-order valence-corrected chi connectivity index (χ2v) is 5.63. The summed E-state index contributed by atoms with van der Waals surface area (Å²) in [7, 11) is 0. The predicted molar refractivity (Wildman–Crippen MR) is 82.7 cm³/mol. The number of hydrogen-bond donors (Lipinski definition) is 0. The number of halogens is 1. The molecule has 1 saturated heterocycles. The minimum atomic E-state index is -0.0713. The van der Waals surface area contributed by atoms with Crippen LogP contribution in [0.5, 0.6) is 5.75 Å². The highest BCUT2D eigenvalue weighted by atomic mass is 35.5. The van der Waals surface area contributed by atoms with Crippen molar-refractivity contribution >= 4 is 17.6 Å². The SMILES string of the molecule is CCOC(=O)[C@@H]1CCCN(CCOc2cccc(Cl)c2)C1. The van der Waals surface area contributed by atoms with Crippen LogP contribution in [0.1, 0.15) is 19.8 Å². The molecular weight excluding hydrogens is 290 g/mol. The highest BCUT2D eigenvalue weighted by Crippen LogP contribution is 2.19. The fourth-order valence-electron chi connectivity index (χ4n) is 2.56. The monoisotopic (exact) mass is 311 g/mol. The second-order valence-electron chi connectivity index (χ2n) is 5.20. The minimum absolute atomic E-state index is 0.00451.